The molecule has 0 aliphatic carbocycles. The third kappa shape index (κ3) is 8.52. The number of esters is 1. The number of non-ortho nitro benzene ring substituents is 1. The van der Waals surface area contributed by atoms with Crippen molar-refractivity contribution >= 4 is 23.9 Å². The summed E-state index contributed by atoms with van der Waals surface area (Å²) in [5.41, 5.74) is -0.894. The van der Waals surface area contributed by atoms with Gasteiger partial charge >= 0.3 is 18.2 Å². The Morgan fingerprint density at radius 2 is 1.74 bits per heavy atom. The van der Waals surface area contributed by atoms with Gasteiger partial charge in [-0.15, -0.1) is 0 Å². The van der Waals surface area contributed by atoms with Gasteiger partial charge in [-0.25, -0.2) is 14.4 Å². The van der Waals surface area contributed by atoms with Crippen LogP contribution in [0.15, 0.2) is 24.3 Å². The highest BCUT2D eigenvalue weighted by molar-refractivity contribution is 5.81. The lowest BCUT2D eigenvalue weighted by Crippen LogP contribution is -2.42. The minimum Gasteiger partial charge on any atom is -0.444 e. The molecular weight excluding hydrogens is 364 g/mol. The number of carbonyl (C=O) groups excluding carboxylic acids is 3. The zero-order chi connectivity index (χ0) is 20.6. The highest BCUT2D eigenvalue weighted by Gasteiger charge is 2.22. The molecule has 0 bridgehead atoms. The van der Waals surface area contributed by atoms with Crippen LogP contribution in [0.1, 0.15) is 27.7 Å². The van der Waals surface area contributed by atoms with Crippen molar-refractivity contribution in [3.8, 4) is 5.75 Å². The number of amides is 1. The number of benzene rings is 1. The Morgan fingerprint density at radius 1 is 1.15 bits per heavy atom. The molecule has 1 atom stereocenters. The molecule has 27 heavy (non-hydrogen) atoms. The van der Waals surface area contributed by atoms with E-state index in [-0.39, 0.29) is 11.4 Å². The Kier molecular flexibility index (Phi) is 7.51. The van der Waals surface area contributed by atoms with Gasteiger partial charge in [-0.2, -0.15) is 0 Å². The molecule has 11 nitrogen and oxygen atoms in total. The van der Waals surface area contributed by atoms with Gasteiger partial charge in [-0.05, 0) is 39.8 Å². The zero-order valence-corrected chi connectivity index (χ0v) is 15.2. The first-order chi connectivity index (χ1) is 12.5. The van der Waals surface area contributed by atoms with Gasteiger partial charge in [-0.3, -0.25) is 10.1 Å². The number of ether oxygens (including phenoxy) is 4. The highest BCUT2D eigenvalue weighted by atomic mass is 16.8. The van der Waals surface area contributed by atoms with Gasteiger partial charge in [0.15, 0.2) is 0 Å². The first kappa shape index (κ1) is 21.7. The molecule has 0 saturated heterocycles. The maximum absolute atomic E-state index is 11.7. The van der Waals surface area contributed by atoms with E-state index in [9.17, 15) is 24.5 Å². The van der Waals surface area contributed by atoms with Crippen molar-refractivity contribution in [3.05, 3.63) is 34.4 Å². The molecule has 148 valence electrons. The summed E-state index contributed by atoms with van der Waals surface area (Å²) < 4.78 is 19.0. The molecule has 1 N–H and O–H groups in total. The number of rotatable bonds is 6. The van der Waals surface area contributed by atoms with E-state index < -0.39 is 41.6 Å². The minimum atomic E-state index is -1.18. The van der Waals surface area contributed by atoms with Crippen LogP contribution in [0.4, 0.5) is 15.3 Å². The van der Waals surface area contributed by atoms with Crippen molar-refractivity contribution in [2.45, 2.75) is 39.3 Å². The van der Waals surface area contributed by atoms with Crippen LogP contribution in [-0.2, 0) is 19.0 Å². The van der Waals surface area contributed by atoms with Crippen molar-refractivity contribution in [2.75, 3.05) is 6.79 Å². The monoisotopic (exact) mass is 384 g/mol. The molecular formula is C16H20N2O9. The van der Waals surface area contributed by atoms with E-state index in [0.29, 0.717) is 0 Å². The van der Waals surface area contributed by atoms with E-state index in [1.54, 1.807) is 20.8 Å². The number of nitro benzene ring substituents is 1. The summed E-state index contributed by atoms with van der Waals surface area (Å²) >= 11 is 0. The van der Waals surface area contributed by atoms with Crippen LogP contribution in [0.2, 0.25) is 0 Å². The minimum absolute atomic E-state index is 0.0110. The molecule has 0 aliphatic heterocycles. The molecule has 1 aromatic carbocycles. The van der Waals surface area contributed by atoms with Crippen molar-refractivity contribution < 1.29 is 38.3 Å². The Hall–Kier alpha value is -3.37. The highest BCUT2D eigenvalue weighted by Crippen LogP contribution is 2.17. The molecule has 0 saturated carbocycles. The molecule has 0 aliphatic rings. The third-order valence-corrected chi connectivity index (χ3v) is 2.71. The number of nitrogens with one attached hydrogen (secondary N) is 1. The van der Waals surface area contributed by atoms with Gasteiger partial charge < -0.3 is 24.3 Å². The van der Waals surface area contributed by atoms with Crippen LogP contribution in [0.3, 0.4) is 0 Å². The van der Waals surface area contributed by atoms with Gasteiger partial charge in [0.05, 0.1) is 4.92 Å². The number of alkyl carbamates (subject to hydrolysis) is 1. The van der Waals surface area contributed by atoms with Crippen LogP contribution in [0.25, 0.3) is 0 Å². The van der Waals surface area contributed by atoms with E-state index in [1.807, 2.05) is 0 Å². The third-order valence-electron chi connectivity index (χ3n) is 2.71. The molecule has 0 aromatic heterocycles. The summed E-state index contributed by atoms with van der Waals surface area (Å²) in [6.07, 6.45) is -1.98. The number of hydrogen-bond acceptors (Lipinski definition) is 9. The Balaban J connectivity index is 2.34. The van der Waals surface area contributed by atoms with Gasteiger partial charge in [-0.1, -0.05) is 0 Å². The summed E-state index contributed by atoms with van der Waals surface area (Å²) in [4.78, 5) is 44.6. The molecule has 1 amide bonds. The molecule has 0 unspecified atom stereocenters. The molecule has 11 heteroatoms. The Labute approximate surface area is 154 Å². The number of carbonyl (C=O) groups is 3. The summed E-state index contributed by atoms with van der Waals surface area (Å²) in [6.45, 7) is 5.62. The standard InChI is InChI=1S/C16H20N2O9/c1-10(17-14(20)27-16(2,3)4)13(19)24-9-25-15(21)26-12-7-5-11(6-8-12)18(22)23/h5-8,10H,9H2,1-4H3,(H,17,20)/t10-/m0/s1. The fourth-order valence-corrected chi connectivity index (χ4v) is 1.57. The molecule has 0 fully saturated rings. The lowest BCUT2D eigenvalue weighted by atomic mass is 10.2. The van der Waals surface area contributed by atoms with E-state index in [1.165, 1.54) is 19.1 Å². The fourth-order valence-electron chi connectivity index (χ4n) is 1.57. The quantitative estimate of drug-likeness (QED) is 0.257. The smallest absolute Gasteiger partial charge is 0.444 e. The molecule has 0 heterocycles. The average molecular weight is 384 g/mol. The first-order valence-corrected chi connectivity index (χ1v) is 7.73. The number of nitro groups is 1. The second kappa shape index (κ2) is 9.36. The van der Waals surface area contributed by atoms with Crippen molar-refractivity contribution in [1.82, 2.24) is 5.32 Å². The van der Waals surface area contributed by atoms with Crippen LogP contribution in [0, 0.1) is 10.1 Å². The predicted molar refractivity (Wildman–Crippen MR) is 90.0 cm³/mol. The zero-order valence-electron chi connectivity index (χ0n) is 15.2. The summed E-state index contributed by atoms with van der Waals surface area (Å²) in [7, 11) is 0. The van der Waals surface area contributed by atoms with Crippen molar-refractivity contribution in [3.63, 3.8) is 0 Å². The van der Waals surface area contributed by atoms with E-state index in [4.69, 9.17) is 9.47 Å². The first-order valence-electron chi connectivity index (χ1n) is 7.73. The SMILES string of the molecule is C[C@H](NC(=O)OC(C)(C)C)C(=O)OCOC(=O)Oc1ccc([N+](=O)[O-])cc1. The van der Waals surface area contributed by atoms with Gasteiger partial charge in [0.2, 0.25) is 6.79 Å². The Bertz CT molecular complexity index is 695. The average Bonchev–Trinajstić information content (AvgIpc) is 2.53. The van der Waals surface area contributed by atoms with Gasteiger partial charge in [0, 0.05) is 12.1 Å². The molecule has 0 radical (unpaired) electrons. The van der Waals surface area contributed by atoms with Gasteiger partial charge in [0.1, 0.15) is 17.4 Å². The molecule has 0 spiro atoms. The normalized spacial score (nSPS) is 11.7. The fraction of sp³-hybridized carbons (Fsp3) is 0.438. The van der Waals surface area contributed by atoms with Crippen molar-refractivity contribution in [2.24, 2.45) is 0 Å². The van der Waals surface area contributed by atoms with Crippen molar-refractivity contribution in [1.29, 1.82) is 0 Å². The molecule has 1 aromatic rings. The lowest BCUT2D eigenvalue weighted by Gasteiger charge is -2.21. The second-order valence-electron chi connectivity index (χ2n) is 6.20. The Morgan fingerprint density at radius 3 is 2.26 bits per heavy atom. The maximum Gasteiger partial charge on any atom is 0.516 e. The van der Waals surface area contributed by atoms with Gasteiger partial charge in [0.25, 0.3) is 5.69 Å². The van der Waals surface area contributed by atoms with Crippen LogP contribution < -0.4 is 10.1 Å². The second-order valence-corrected chi connectivity index (χ2v) is 6.20. The summed E-state index contributed by atoms with van der Waals surface area (Å²) in [6, 6.07) is 3.67. The van der Waals surface area contributed by atoms with Crippen LogP contribution in [-0.4, -0.2) is 41.6 Å². The largest absolute Gasteiger partial charge is 0.516 e. The van der Waals surface area contributed by atoms with Crippen LogP contribution >= 0.6 is 0 Å². The summed E-state index contributed by atoms with van der Waals surface area (Å²) in [5, 5.41) is 12.8. The lowest BCUT2D eigenvalue weighted by molar-refractivity contribution is -0.384. The van der Waals surface area contributed by atoms with E-state index in [2.05, 4.69) is 14.8 Å². The van der Waals surface area contributed by atoms with Crippen LogP contribution in [0.5, 0.6) is 5.75 Å². The topological polar surface area (TPSA) is 143 Å². The maximum atomic E-state index is 11.7. The predicted octanol–water partition coefficient (Wildman–Crippen LogP) is 2.52. The number of hydrogen-bond donors (Lipinski definition) is 1. The number of nitrogens with zero attached hydrogens (tertiary/aromatic N) is 1. The van der Waals surface area contributed by atoms with E-state index in [0.717, 1.165) is 12.1 Å². The summed E-state index contributed by atoms with van der Waals surface area (Å²) in [5.74, 6) is -0.846. The van der Waals surface area contributed by atoms with E-state index >= 15 is 0 Å². The molecule has 1 rings (SSSR count).